The third-order valence-corrected chi connectivity index (χ3v) is 6.01. The van der Waals surface area contributed by atoms with E-state index in [1.54, 1.807) is 6.07 Å². The first-order chi connectivity index (χ1) is 12.6. The number of hydrogen-bond donors (Lipinski definition) is 1. The van der Waals surface area contributed by atoms with E-state index in [1.165, 1.54) is 5.56 Å². The van der Waals surface area contributed by atoms with Gasteiger partial charge in [-0.25, -0.2) is 0 Å². The quantitative estimate of drug-likeness (QED) is 0.912. The largest absolute Gasteiger partial charge is 0.481 e. The molecule has 1 aliphatic carbocycles. The average Bonchev–Trinajstić information content (AvgIpc) is 3.12. The lowest BCUT2D eigenvalue weighted by Gasteiger charge is -2.49. The molecule has 1 fully saturated rings. The van der Waals surface area contributed by atoms with Gasteiger partial charge in [0.05, 0.1) is 5.54 Å². The van der Waals surface area contributed by atoms with Gasteiger partial charge in [0.2, 0.25) is 0 Å². The van der Waals surface area contributed by atoms with Crippen LogP contribution < -0.4 is 0 Å². The van der Waals surface area contributed by atoms with E-state index in [0.29, 0.717) is 17.7 Å². The highest BCUT2D eigenvalue weighted by Gasteiger charge is 2.55. The number of carbonyl (C=O) groups is 2. The molecule has 4 rings (SSSR count). The van der Waals surface area contributed by atoms with Gasteiger partial charge in [0.25, 0.3) is 5.91 Å². The zero-order valence-electron chi connectivity index (χ0n) is 14.7. The number of aliphatic carboxylic acids is 1. The second-order valence-electron chi connectivity index (χ2n) is 7.36. The molecule has 2 aliphatic rings. The number of amides is 1. The SMILES string of the molecule is O=C(O)C1c2ccccc2C(=O)N(CCc2ccccc2)C12CCCC2. The topological polar surface area (TPSA) is 57.6 Å². The molecule has 0 bridgehead atoms. The summed E-state index contributed by atoms with van der Waals surface area (Å²) in [6, 6.07) is 17.3. The van der Waals surface area contributed by atoms with Gasteiger partial charge in [-0.3, -0.25) is 9.59 Å². The molecule has 2 aromatic carbocycles. The van der Waals surface area contributed by atoms with E-state index >= 15 is 0 Å². The van der Waals surface area contributed by atoms with E-state index in [0.717, 1.165) is 32.1 Å². The van der Waals surface area contributed by atoms with Gasteiger partial charge in [-0.15, -0.1) is 0 Å². The van der Waals surface area contributed by atoms with Gasteiger partial charge >= 0.3 is 5.97 Å². The Bertz CT molecular complexity index is 824. The molecule has 0 radical (unpaired) electrons. The maximum atomic E-state index is 13.3. The predicted octanol–water partition coefficient (Wildman–Crippen LogP) is 3.87. The lowest BCUT2D eigenvalue weighted by atomic mass is 9.71. The minimum atomic E-state index is -0.823. The van der Waals surface area contributed by atoms with Crippen LogP contribution in [0.3, 0.4) is 0 Å². The number of nitrogens with zero attached hydrogens (tertiary/aromatic N) is 1. The van der Waals surface area contributed by atoms with Crippen LogP contribution in [0, 0.1) is 0 Å². The van der Waals surface area contributed by atoms with Crippen molar-refractivity contribution in [3.8, 4) is 0 Å². The lowest BCUT2D eigenvalue weighted by Crippen LogP contribution is -2.59. The summed E-state index contributed by atoms with van der Waals surface area (Å²) in [6.45, 7) is 0.557. The Balaban J connectivity index is 1.76. The Labute approximate surface area is 153 Å². The zero-order chi connectivity index (χ0) is 18.1. The van der Waals surface area contributed by atoms with E-state index in [-0.39, 0.29) is 5.91 Å². The van der Waals surface area contributed by atoms with Gasteiger partial charge in [-0.2, -0.15) is 0 Å². The molecular weight excluding hydrogens is 326 g/mol. The normalized spacial score (nSPS) is 21.0. The molecular formula is C22H23NO3. The van der Waals surface area contributed by atoms with Gasteiger partial charge < -0.3 is 10.0 Å². The number of carbonyl (C=O) groups excluding carboxylic acids is 1. The molecule has 2 aromatic rings. The number of hydrogen-bond acceptors (Lipinski definition) is 2. The van der Waals surface area contributed by atoms with E-state index in [9.17, 15) is 14.7 Å². The van der Waals surface area contributed by atoms with E-state index in [4.69, 9.17) is 0 Å². The predicted molar refractivity (Wildman–Crippen MR) is 99.2 cm³/mol. The van der Waals surface area contributed by atoms with Crippen LogP contribution in [0.25, 0.3) is 0 Å². The fraction of sp³-hybridized carbons (Fsp3) is 0.364. The molecule has 26 heavy (non-hydrogen) atoms. The number of fused-ring (bicyclic) bond motifs is 1. The van der Waals surface area contributed by atoms with Crippen LogP contribution in [0.5, 0.6) is 0 Å². The maximum absolute atomic E-state index is 13.3. The second-order valence-corrected chi connectivity index (χ2v) is 7.36. The first-order valence-corrected chi connectivity index (χ1v) is 9.31. The molecule has 1 heterocycles. The smallest absolute Gasteiger partial charge is 0.313 e. The third kappa shape index (κ3) is 2.61. The summed E-state index contributed by atoms with van der Waals surface area (Å²) in [5.74, 6) is -1.48. The standard InChI is InChI=1S/C22H23NO3/c24-20-18-11-5-4-10-17(18)19(21(25)26)22(13-6-7-14-22)23(20)15-12-16-8-2-1-3-9-16/h1-5,8-11,19H,6-7,12-15H2,(H,25,26). The molecule has 1 aliphatic heterocycles. The number of benzene rings is 2. The number of carboxylic acids is 1. The van der Waals surface area contributed by atoms with Crippen molar-refractivity contribution in [3.05, 3.63) is 71.3 Å². The van der Waals surface area contributed by atoms with Gasteiger partial charge in [-0.1, -0.05) is 61.4 Å². The monoisotopic (exact) mass is 349 g/mol. The Morgan fingerprint density at radius 1 is 1.04 bits per heavy atom. The van der Waals surface area contributed by atoms with Crippen LogP contribution >= 0.6 is 0 Å². The van der Waals surface area contributed by atoms with Crippen molar-refractivity contribution in [1.29, 1.82) is 0 Å². The number of rotatable bonds is 4. The van der Waals surface area contributed by atoms with Crippen LogP contribution in [0.2, 0.25) is 0 Å². The van der Waals surface area contributed by atoms with Gasteiger partial charge in [0, 0.05) is 12.1 Å². The zero-order valence-corrected chi connectivity index (χ0v) is 14.7. The van der Waals surface area contributed by atoms with E-state index in [1.807, 2.05) is 41.3 Å². The highest BCUT2D eigenvalue weighted by molar-refractivity contribution is 6.01. The van der Waals surface area contributed by atoms with Crippen molar-refractivity contribution in [2.75, 3.05) is 6.54 Å². The summed E-state index contributed by atoms with van der Waals surface area (Å²) in [5, 5.41) is 10.1. The second kappa shape index (κ2) is 6.60. The Morgan fingerprint density at radius 2 is 1.69 bits per heavy atom. The highest BCUT2D eigenvalue weighted by atomic mass is 16.4. The highest BCUT2D eigenvalue weighted by Crippen LogP contribution is 2.50. The third-order valence-electron chi connectivity index (χ3n) is 6.01. The minimum absolute atomic E-state index is 0.0177. The van der Waals surface area contributed by atoms with Crippen LogP contribution in [-0.4, -0.2) is 34.0 Å². The minimum Gasteiger partial charge on any atom is -0.481 e. The maximum Gasteiger partial charge on any atom is 0.313 e. The van der Waals surface area contributed by atoms with E-state index < -0.39 is 17.4 Å². The molecule has 0 aromatic heterocycles. The van der Waals surface area contributed by atoms with Gasteiger partial charge in [0.1, 0.15) is 5.92 Å². The average molecular weight is 349 g/mol. The molecule has 1 spiro atoms. The lowest BCUT2D eigenvalue weighted by molar-refractivity contribution is -0.143. The van der Waals surface area contributed by atoms with Crippen molar-refractivity contribution in [3.63, 3.8) is 0 Å². The fourth-order valence-electron chi connectivity index (χ4n) is 4.85. The van der Waals surface area contributed by atoms with Crippen molar-refractivity contribution < 1.29 is 14.7 Å². The van der Waals surface area contributed by atoms with Gasteiger partial charge in [-0.05, 0) is 36.5 Å². The van der Waals surface area contributed by atoms with Crippen molar-refractivity contribution in [1.82, 2.24) is 4.90 Å². The van der Waals surface area contributed by atoms with Crippen molar-refractivity contribution >= 4 is 11.9 Å². The molecule has 134 valence electrons. The molecule has 4 nitrogen and oxygen atoms in total. The summed E-state index contributed by atoms with van der Waals surface area (Å²) in [6.07, 6.45) is 4.21. The van der Waals surface area contributed by atoms with Crippen molar-refractivity contribution in [2.24, 2.45) is 0 Å². The Kier molecular flexibility index (Phi) is 4.27. The molecule has 4 heteroatoms. The first-order valence-electron chi connectivity index (χ1n) is 9.31. The summed E-state index contributed by atoms with van der Waals surface area (Å²) in [4.78, 5) is 27.5. The molecule has 1 amide bonds. The molecule has 1 saturated carbocycles. The fourth-order valence-corrected chi connectivity index (χ4v) is 4.85. The Hall–Kier alpha value is -2.62. The summed E-state index contributed by atoms with van der Waals surface area (Å²) in [5.41, 5.74) is 1.80. The van der Waals surface area contributed by atoms with Crippen LogP contribution in [0.15, 0.2) is 54.6 Å². The van der Waals surface area contributed by atoms with Gasteiger partial charge in [0.15, 0.2) is 0 Å². The molecule has 1 atom stereocenters. The summed E-state index contributed by atoms with van der Waals surface area (Å²) in [7, 11) is 0. The first kappa shape index (κ1) is 16.8. The van der Waals surface area contributed by atoms with Crippen molar-refractivity contribution in [2.45, 2.75) is 43.6 Å². The van der Waals surface area contributed by atoms with Crippen LogP contribution in [-0.2, 0) is 11.2 Å². The molecule has 1 N–H and O–H groups in total. The molecule has 1 unspecified atom stereocenters. The van der Waals surface area contributed by atoms with Crippen LogP contribution in [0.4, 0.5) is 0 Å². The summed E-state index contributed by atoms with van der Waals surface area (Å²) < 4.78 is 0. The van der Waals surface area contributed by atoms with Crippen LogP contribution in [0.1, 0.15) is 53.1 Å². The molecule has 0 saturated heterocycles. The summed E-state index contributed by atoms with van der Waals surface area (Å²) >= 11 is 0. The number of carboxylic acid groups (broad SMARTS) is 1. The Morgan fingerprint density at radius 3 is 2.38 bits per heavy atom. The van der Waals surface area contributed by atoms with E-state index in [2.05, 4.69) is 12.1 Å².